The van der Waals surface area contributed by atoms with Gasteiger partial charge in [-0.05, 0) is 66.4 Å². The number of urea groups is 1. The molecule has 0 bridgehead atoms. The highest BCUT2D eigenvalue weighted by Crippen LogP contribution is 2.38. The number of nitrogens with zero attached hydrogens (tertiary/aromatic N) is 2. The number of nitrogens with one attached hydrogen (secondary N) is 1. The van der Waals surface area contributed by atoms with Crippen LogP contribution < -0.4 is 10.1 Å². The molecule has 1 atom stereocenters. The third-order valence-electron chi connectivity index (χ3n) is 5.45. The molecule has 0 fully saturated rings. The summed E-state index contributed by atoms with van der Waals surface area (Å²) >= 11 is 1.67. The van der Waals surface area contributed by atoms with Crippen LogP contribution in [-0.4, -0.2) is 22.1 Å². The van der Waals surface area contributed by atoms with E-state index in [9.17, 15) is 4.79 Å². The molecular weight excluding hydrogens is 406 g/mol. The number of aromatic nitrogens is 1. The Labute approximate surface area is 185 Å². The molecule has 5 rings (SSSR count). The number of hydrogen-bond donors (Lipinski definition) is 1. The van der Waals surface area contributed by atoms with E-state index in [4.69, 9.17) is 4.74 Å². The van der Waals surface area contributed by atoms with Gasteiger partial charge in [0, 0.05) is 16.8 Å². The molecular formula is C25H23N3O2S. The molecule has 2 aromatic heterocycles. The van der Waals surface area contributed by atoms with Gasteiger partial charge >= 0.3 is 6.03 Å². The molecule has 5 nitrogen and oxygen atoms in total. The van der Waals surface area contributed by atoms with Crippen molar-refractivity contribution in [2.75, 3.05) is 11.9 Å². The zero-order chi connectivity index (χ0) is 21.2. The summed E-state index contributed by atoms with van der Waals surface area (Å²) in [7, 11) is 0. The number of benzene rings is 2. The number of rotatable bonds is 4. The molecule has 156 valence electrons. The van der Waals surface area contributed by atoms with Crippen molar-refractivity contribution in [3.05, 3.63) is 101 Å². The number of carbonyl (C=O) groups excluding carboxylic acids is 1. The summed E-state index contributed by atoms with van der Waals surface area (Å²) in [6, 6.07) is 23.7. The highest BCUT2D eigenvalue weighted by atomic mass is 32.1. The van der Waals surface area contributed by atoms with Gasteiger partial charge in [-0.2, -0.15) is 0 Å². The molecule has 0 saturated heterocycles. The number of anilines is 1. The Balaban J connectivity index is 1.53. The van der Waals surface area contributed by atoms with Crippen molar-refractivity contribution in [3.63, 3.8) is 0 Å². The highest BCUT2D eigenvalue weighted by molar-refractivity contribution is 7.10. The van der Waals surface area contributed by atoms with Crippen LogP contribution in [0, 0.1) is 0 Å². The predicted molar refractivity (Wildman–Crippen MR) is 124 cm³/mol. The summed E-state index contributed by atoms with van der Waals surface area (Å²) in [5.41, 5.74) is 4.04. The van der Waals surface area contributed by atoms with Crippen molar-refractivity contribution in [2.45, 2.75) is 19.5 Å². The summed E-state index contributed by atoms with van der Waals surface area (Å²) in [6.07, 6.45) is 2.07. The molecule has 3 heterocycles. The Hall–Kier alpha value is -3.51. The first kappa shape index (κ1) is 19.5. The van der Waals surface area contributed by atoms with Gasteiger partial charge in [0.2, 0.25) is 0 Å². The quantitative estimate of drug-likeness (QED) is 0.428. The molecule has 0 spiro atoms. The van der Waals surface area contributed by atoms with Crippen LogP contribution in [0.5, 0.6) is 5.75 Å². The van der Waals surface area contributed by atoms with Gasteiger partial charge in [-0.15, -0.1) is 11.3 Å². The highest BCUT2D eigenvalue weighted by Gasteiger charge is 2.33. The van der Waals surface area contributed by atoms with Crippen molar-refractivity contribution in [2.24, 2.45) is 0 Å². The third kappa shape index (κ3) is 3.70. The lowest BCUT2D eigenvalue weighted by atomic mass is 10.1. The van der Waals surface area contributed by atoms with E-state index in [-0.39, 0.29) is 12.1 Å². The molecule has 1 N–H and O–H groups in total. The van der Waals surface area contributed by atoms with Gasteiger partial charge in [-0.3, -0.25) is 0 Å². The molecule has 0 aliphatic carbocycles. The first-order chi connectivity index (χ1) is 15.2. The maximum Gasteiger partial charge on any atom is 0.323 e. The fourth-order valence-electron chi connectivity index (χ4n) is 4.08. The van der Waals surface area contributed by atoms with Crippen molar-refractivity contribution < 1.29 is 9.53 Å². The molecule has 0 saturated carbocycles. The van der Waals surface area contributed by atoms with Crippen LogP contribution in [0.1, 0.15) is 29.1 Å². The maximum absolute atomic E-state index is 13.6. The van der Waals surface area contributed by atoms with Gasteiger partial charge in [0.1, 0.15) is 11.8 Å². The van der Waals surface area contributed by atoms with E-state index in [1.807, 2.05) is 60.4 Å². The topological polar surface area (TPSA) is 46.5 Å². The van der Waals surface area contributed by atoms with Crippen molar-refractivity contribution in [1.29, 1.82) is 0 Å². The molecule has 31 heavy (non-hydrogen) atoms. The SMILES string of the molecule is CCOc1ccc(NC(=O)N2Cc3ccccc3-n3cccc3[C@@H]2c2cccs2)cc1. The van der Waals surface area contributed by atoms with Gasteiger partial charge in [-0.25, -0.2) is 4.79 Å². The summed E-state index contributed by atoms with van der Waals surface area (Å²) in [5.74, 6) is 0.790. The van der Waals surface area contributed by atoms with Crippen LogP contribution in [0.25, 0.3) is 5.69 Å². The van der Waals surface area contributed by atoms with Crippen LogP contribution >= 0.6 is 11.3 Å². The fourth-order valence-corrected chi connectivity index (χ4v) is 4.93. The monoisotopic (exact) mass is 429 g/mol. The summed E-state index contributed by atoms with van der Waals surface area (Å²) in [4.78, 5) is 16.6. The summed E-state index contributed by atoms with van der Waals surface area (Å²) < 4.78 is 7.71. The number of carbonyl (C=O) groups is 1. The van der Waals surface area contributed by atoms with E-state index >= 15 is 0 Å². The minimum absolute atomic E-state index is 0.132. The van der Waals surface area contributed by atoms with E-state index < -0.39 is 0 Å². The lowest BCUT2D eigenvalue weighted by Gasteiger charge is -2.30. The standard InChI is InChI=1S/C25H23N3O2S/c1-2-30-20-13-11-19(12-14-20)26-25(29)28-17-18-7-3-4-8-21(18)27-15-5-9-22(27)24(28)23-10-6-16-31-23/h3-16,24H,2,17H2,1H3,(H,26,29)/t24-/m1/s1. The van der Waals surface area contributed by atoms with Crippen LogP contribution in [0.15, 0.2) is 84.4 Å². The van der Waals surface area contributed by atoms with Gasteiger partial charge in [0.05, 0.1) is 24.5 Å². The van der Waals surface area contributed by atoms with Crippen molar-refractivity contribution in [3.8, 4) is 11.4 Å². The van der Waals surface area contributed by atoms with Gasteiger partial charge < -0.3 is 19.5 Å². The Bertz CT molecular complexity index is 1180. The number of hydrogen-bond acceptors (Lipinski definition) is 3. The maximum atomic E-state index is 13.6. The fraction of sp³-hybridized carbons (Fsp3) is 0.160. The van der Waals surface area contributed by atoms with Crippen molar-refractivity contribution in [1.82, 2.24) is 9.47 Å². The second kappa shape index (κ2) is 8.32. The summed E-state index contributed by atoms with van der Waals surface area (Å²) in [5, 5.41) is 5.14. The average molecular weight is 430 g/mol. The first-order valence-electron chi connectivity index (χ1n) is 10.3. The van der Waals surface area contributed by atoms with Gasteiger partial charge in [0.15, 0.2) is 0 Å². The number of amides is 2. The van der Waals surface area contributed by atoms with E-state index in [0.717, 1.165) is 33.3 Å². The molecule has 2 amide bonds. The lowest BCUT2D eigenvalue weighted by molar-refractivity contribution is 0.195. The second-order valence-corrected chi connectivity index (χ2v) is 8.34. The molecule has 4 aromatic rings. The van der Waals surface area contributed by atoms with Gasteiger partial charge in [-0.1, -0.05) is 24.3 Å². The predicted octanol–water partition coefficient (Wildman–Crippen LogP) is 6.07. The first-order valence-corrected chi connectivity index (χ1v) is 11.2. The molecule has 1 aliphatic rings. The Kier molecular flexibility index (Phi) is 5.22. The Morgan fingerprint density at radius 3 is 2.68 bits per heavy atom. The lowest BCUT2D eigenvalue weighted by Crippen LogP contribution is -2.37. The van der Waals surface area contributed by atoms with Crippen molar-refractivity contribution >= 4 is 23.1 Å². The van der Waals surface area contributed by atoms with Gasteiger partial charge in [0.25, 0.3) is 0 Å². The van der Waals surface area contributed by atoms with Crippen LogP contribution in [0.2, 0.25) is 0 Å². The zero-order valence-electron chi connectivity index (χ0n) is 17.2. The number of thiophene rings is 1. The van der Waals surface area contributed by atoms with Crippen LogP contribution in [0.4, 0.5) is 10.5 Å². The minimum atomic E-state index is -0.176. The van der Waals surface area contributed by atoms with E-state index in [0.29, 0.717) is 13.2 Å². The molecule has 6 heteroatoms. The number of fused-ring (bicyclic) bond motifs is 3. The number of ether oxygens (including phenoxy) is 1. The number of para-hydroxylation sites is 1. The third-order valence-corrected chi connectivity index (χ3v) is 6.38. The Morgan fingerprint density at radius 2 is 1.90 bits per heavy atom. The smallest absolute Gasteiger partial charge is 0.323 e. The molecule has 0 unspecified atom stereocenters. The minimum Gasteiger partial charge on any atom is -0.494 e. The molecule has 2 aromatic carbocycles. The largest absolute Gasteiger partial charge is 0.494 e. The van der Waals surface area contributed by atoms with Crippen LogP contribution in [0.3, 0.4) is 0 Å². The molecule has 1 aliphatic heterocycles. The van der Waals surface area contributed by atoms with Crippen LogP contribution in [-0.2, 0) is 6.54 Å². The molecule has 0 radical (unpaired) electrons. The van der Waals surface area contributed by atoms with E-state index in [1.54, 1.807) is 11.3 Å². The van der Waals surface area contributed by atoms with E-state index in [1.165, 1.54) is 0 Å². The average Bonchev–Trinajstić information content (AvgIpc) is 3.46. The Morgan fingerprint density at radius 1 is 1.06 bits per heavy atom. The zero-order valence-corrected chi connectivity index (χ0v) is 18.0. The normalized spacial score (nSPS) is 15.0. The van der Waals surface area contributed by atoms with E-state index in [2.05, 4.69) is 45.7 Å². The second-order valence-electron chi connectivity index (χ2n) is 7.37. The summed E-state index contributed by atoms with van der Waals surface area (Å²) in [6.45, 7) is 3.08.